The highest BCUT2D eigenvalue weighted by Crippen LogP contribution is 2.31. The van der Waals surface area contributed by atoms with Gasteiger partial charge in [-0.15, -0.1) is 11.8 Å². The summed E-state index contributed by atoms with van der Waals surface area (Å²) in [5.74, 6) is 0.569. The number of rotatable bonds is 5. The first-order valence-electron chi connectivity index (χ1n) is 7.79. The Hall–Kier alpha value is -1.73. The average Bonchev–Trinajstić information content (AvgIpc) is 3.05. The summed E-state index contributed by atoms with van der Waals surface area (Å²) in [6.07, 6.45) is 0.784. The number of aryl methyl sites for hydroxylation is 1. The van der Waals surface area contributed by atoms with Gasteiger partial charge in [0.2, 0.25) is 0 Å². The summed E-state index contributed by atoms with van der Waals surface area (Å²) < 4.78 is 6.66. The number of hydrogen-bond donors (Lipinski definition) is 0. The number of carbonyl (C=O) groups is 1. The van der Waals surface area contributed by atoms with Gasteiger partial charge in [-0.3, -0.25) is 14.2 Å². The number of fused-ring (bicyclic) bond motifs is 1. The molecular formula is C17H18N2O3S2. The van der Waals surface area contributed by atoms with Crippen molar-refractivity contribution in [3.8, 4) is 5.69 Å². The molecule has 0 saturated carbocycles. The molecule has 0 radical (unpaired) electrons. The number of esters is 1. The third kappa shape index (κ3) is 3.37. The lowest BCUT2D eigenvalue weighted by atomic mass is 10.3. The van der Waals surface area contributed by atoms with Gasteiger partial charge >= 0.3 is 5.97 Å². The fourth-order valence-corrected chi connectivity index (χ4v) is 4.41. The zero-order valence-electron chi connectivity index (χ0n) is 13.5. The third-order valence-corrected chi connectivity index (χ3v) is 5.72. The van der Waals surface area contributed by atoms with E-state index in [9.17, 15) is 9.59 Å². The number of para-hydroxylation sites is 1. The smallest absolute Gasteiger partial charge is 0.319 e. The van der Waals surface area contributed by atoms with Gasteiger partial charge in [-0.2, -0.15) is 0 Å². The lowest BCUT2D eigenvalue weighted by Crippen LogP contribution is -2.25. The first-order chi connectivity index (χ1) is 11.6. The lowest BCUT2D eigenvalue weighted by molar-refractivity contribution is -0.142. The Morgan fingerprint density at radius 3 is 2.88 bits per heavy atom. The van der Waals surface area contributed by atoms with Crippen molar-refractivity contribution < 1.29 is 9.53 Å². The Kier molecular flexibility index (Phi) is 5.30. The molecule has 2 aromatic rings. The summed E-state index contributed by atoms with van der Waals surface area (Å²) in [6, 6.07) is 9.40. The second-order valence-electron chi connectivity index (χ2n) is 5.26. The molecule has 0 spiro atoms. The van der Waals surface area contributed by atoms with E-state index in [1.165, 1.54) is 11.8 Å². The van der Waals surface area contributed by atoms with Gasteiger partial charge in [0.05, 0.1) is 22.9 Å². The second kappa shape index (κ2) is 7.44. The van der Waals surface area contributed by atoms with Crippen molar-refractivity contribution in [1.82, 2.24) is 9.55 Å². The van der Waals surface area contributed by atoms with Crippen LogP contribution in [0, 0.1) is 0 Å². The van der Waals surface area contributed by atoms with Crippen LogP contribution in [0.5, 0.6) is 0 Å². The van der Waals surface area contributed by atoms with Crippen LogP contribution in [0.2, 0.25) is 0 Å². The summed E-state index contributed by atoms with van der Waals surface area (Å²) in [6.45, 7) is 3.88. The molecule has 5 nitrogen and oxygen atoms in total. The van der Waals surface area contributed by atoms with Crippen LogP contribution in [0.15, 0.2) is 45.2 Å². The number of thioether (sulfide) groups is 2. The molecule has 0 saturated heterocycles. The zero-order chi connectivity index (χ0) is 17.1. The van der Waals surface area contributed by atoms with E-state index in [4.69, 9.17) is 4.74 Å². The molecule has 0 amide bonds. The fourth-order valence-electron chi connectivity index (χ4n) is 2.44. The Morgan fingerprint density at radius 1 is 1.42 bits per heavy atom. The van der Waals surface area contributed by atoms with Crippen LogP contribution in [0.3, 0.4) is 0 Å². The number of nitrogens with zero attached hydrogens (tertiary/aromatic N) is 2. The number of hydrogen-bond acceptors (Lipinski definition) is 6. The summed E-state index contributed by atoms with van der Waals surface area (Å²) in [5, 5.41) is 0.104. The summed E-state index contributed by atoms with van der Waals surface area (Å²) in [4.78, 5) is 30.3. The van der Waals surface area contributed by atoms with Crippen LogP contribution < -0.4 is 5.56 Å². The number of benzene rings is 1. The number of carbonyl (C=O) groups excluding carboxylic acids is 1. The van der Waals surface area contributed by atoms with Crippen molar-refractivity contribution in [3.63, 3.8) is 0 Å². The van der Waals surface area contributed by atoms with E-state index < -0.39 is 5.25 Å². The van der Waals surface area contributed by atoms with Crippen LogP contribution >= 0.6 is 23.5 Å². The zero-order valence-corrected chi connectivity index (χ0v) is 15.2. The first kappa shape index (κ1) is 17.1. The quantitative estimate of drug-likeness (QED) is 0.463. The maximum absolute atomic E-state index is 12.9. The average molecular weight is 362 g/mol. The molecule has 0 unspecified atom stereocenters. The summed E-state index contributed by atoms with van der Waals surface area (Å²) in [5.41, 5.74) is 1.52. The predicted octanol–water partition coefficient (Wildman–Crippen LogP) is 2.92. The Morgan fingerprint density at radius 2 is 2.17 bits per heavy atom. The van der Waals surface area contributed by atoms with Gasteiger partial charge in [0.15, 0.2) is 5.16 Å². The molecule has 0 fully saturated rings. The highest BCUT2D eigenvalue weighted by molar-refractivity contribution is 8.00. The van der Waals surface area contributed by atoms with Gasteiger partial charge in [-0.25, -0.2) is 4.98 Å². The maximum Gasteiger partial charge on any atom is 0.319 e. The normalized spacial score (nSPS) is 14.2. The van der Waals surface area contributed by atoms with Gasteiger partial charge < -0.3 is 4.74 Å². The molecule has 0 N–H and O–H groups in total. The molecule has 2 heterocycles. The molecule has 1 aliphatic heterocycles. The Labute approximate surface area is 148 Å². The number of aromatic nitrogens is 2. The van der Waals surface area contributed by atoms with Gasteiger partial charge in [-0.1, -0.05) is 30.0 Å². The van der Waals surface area contributed by atoms with Crippen LogP contribution in [0.1, 0.15) is 19.5 Å². The van der Waals surface area contributed by atoms with Gasteiger partial charge in [0.1, 0.15) is 5.25 Å². The topological polar surface area (TPSA) is 61.2 Å². The minimum Gasteiger partial charge on any atom is -0.465 e. The third-order valence-electron chi connectivity index (χ3n) is 3.58. The first-order valence-corrected chi connectivity index (χ1v) is 9.65. The monoisotopic (exact) mass is 362 g/mol. The molecule has 0 bridgehead atoms. The Bertz CT molecular complexity index is 805. The molecule has 1 aromatic heterocycles. The van der Waals surface area contributed by atoms with Gasteiger partial charge in [-0.05, 0) is 26.0 Å². The Balaban J connectivity index is 2.06. The summed E-state index contributed by atoms with van der Waals surface area (Å²) >= 11 is 2.81. The highest BCUT2D eigenvalue weighted by Gasteiger charge is 2.25. The van der Waals surface area contributed by atoms with E-state index in [2.05, 4.69) is 4.98 Å². The molecule has 0 aliphatic carbocycles. The molecule has 1 aliphatic rings. The fraction of sp³-hybridized carbons (Fsp3) is 0.353. The van der Waals surface area contributed by atoms with E-state index >= 15 is 0 Å². The molecular weight excluding hydrogens is 344 g/mol. The van der Waals surface area contributed by atoms with E-state index in [0.717, 1.165) is 23.6 Å². The molecule has 1 aromatic carbocycles. The minimum atomic E-state index is -0.432. The van der Waals surface area contributed by atoms with E-state index in [1.807, 2.05) is 30.3 Å². The van der Waals surface area contributed by atoms with Gasteiger partial charge in [0, 0.05) is 12.2 Å². The second-order valence-corrected chi connectivity index (χ2v) is 7.67. The van der Waals surface area contributed by atoms with Crippen molar-refractivity contribution in [3.05, 3.63) is 46.4 Å². The van der Waals surface area contributed by atoms with Crippen molar-refractivity contribution in [2.45, 2.75) is 35.6 Å². The highest BCUT2D eigenvalue weighted by atomic mass is 32.2. The predicted molar refractivity (Wildman–Crippen MR) is 96.2 cm³/mol. The standard InChI is InChI=1S/C17H18N2O3S2/c1-3-22-16(21)11(2)24-17-18-13-9-10-23-14(13)15(20)19(17)12-7-5-4-6-8-12/h4-8,11H,3,9-10H2,1-2H3/t11-/m0/s1. The van der Waals surface area contributed by atoms with E-state index in [1.54, 1.807) is 30.2 Å². The lowest BCUT2D eigenvalue weighted by Gasteiger charge is -2.16. The van der Waals surface area contributed by atoms with Crippen molar-refractivity contribution in [1.29, 1.82) is 0 Å². The van der Waals surface area contributed by atoms with Crippen LogP contribution in [0.4, 0.5) is 0 Å². The largest absolute Gasteiger partial charge is 0.465 e. The van der Waals surface area contributed by atoms with Crippen LogP contribution in [-0.4, -0.2) is 33.1 Å². The molecule has 126 valence electrons. The molecule has 3 rings (SSSR count). The molecule has 7 heteroatoms. The maximum atomic E-state index is 12.9. The SMILES string of the molecule is CCOC(=O)[C@H](C)Sc1nc2c(c(=O)n1-c1ccccc1)SCC2. The van der Waals surface area contributed by atoms with Crippen molar-refractivity contribution in [2.24, 2.45) is 0 Å². The van der Waals surface area contributed by atoms with Crippen molar-refractivity contribution in [2.75, 3.05) is 12.4 Å². The van der Waals surface area contributed by atoms with E-state index in [0.29, 0.717) is 16.7 Å². The van der Waals surface area contributed by atoms with Crippen LogP contribution in [0.25, 0.3) is 5.69 Å². The van der Waals surface area contributed by atoms with E-state index in [-0.39, 0.29) is 11.5 Å². The van der Waals surface area contributed by atoms with Crippen molar-refractivity contribution >= 4 is 29.5 Å². The van der Waals surface area contributed by atoms with Crippen LogP contribution in [-0.2, 0) is 16.0 Å². The molecule has 1 atom stereocenters. The number of ether oxygens (including phenoxy) is 1. The van der Waals surface area contributed by atoms with Gasteiger partial charge in [0.25, 0.3) is 5.56 Å². The summed E-state index contributed by atoms with van der Waals surface area (Å²) in [7, 11) is 0. The minimum absolute atomic E-state index is 0.0627. The molecule has 24 heavy (non-hydrogen) atoms.